The van der Waals surface area contributed by atoms with E-state index in [1.165, 1.54) is 19.3 Å². The van der Waals surface area contributed by atoms with Crippen LogP contribution in [0.25, 0.3) is 0 Å². The minimum atomic E-state index is 0.402. The van der Waals surface area contributed by atoms with Crippen LogP contribution in [0.3, 0.4) is 0 Å². The molecule has 1 aromatic rings. The summed E-state index contributed by atoms with van der Waals surface area (Å²) in [5.41, 5.74) is 1.16. The summed E-state index contributed by atoms with van der Waals surface area (Å²) in [7, 11) is 5.17. The molecule has 0 unspecified atom stereocenters. The first-order valence-corrected chi connectivity index (χ1v) is 7.24. The zero-order chi connectivity index (χ0) is 14.4. The molecule has 1 saturated carbocycles. The molecule has 1 aromatic carbocycles. The lowest BCUT2D eigenvalue weighted by atomic mass is 9.92. The third-order valence-corrected chi connectivity index (χ3v) is 4.03. The number of nitrogens with one attached hydrogen (secondary N) is 1. The minimum absolute atomic E-state index is 0.402. The first-order chi connectivity index (χ1) is 9.76. The van der Waals surface area contributed by atoms with E-state index in [1.54, 1.807) is 21.3 Å². The first-order valence-electron chi connectivity index (χ1n) is 7.24. The molecule has 4 nitrogen and oxygen atoms in total. The van der Waals surface area contributed by atoms with E-state index in [9.17, 15) is 0 Å². The monoisotopic (exact) mass is 279 g/mol. The topological polar surface area (TPSA) is 39.7 Å². The standard InChI is InChI=1S/C16H25NO3/c1-18-14-6-4-5-13(9-14)17-11-12-7-8-15(19-2)10-16(12)20-3/h7-8,10,13-14,17H,4-6,9,11H2,1-3H3/t13-,14+/m1/s1. The molecule has 1 aliphatic rings. The molecule has 0 spiro atoms. The molecular formula is C16H25NO3. The van der Waals surface area contributed by atoms with Crippen molar-refractivity contribution in [2.75, 3.05) is 21.3 Å². The van der Waals surface area contributed by atoms with Gasteiger partial charge in [-0.1, -0.05) is 6.07 Å². The van der Waals surface area contributed by atoms with Gasteiger partial charge in [0.1, 0.15) is 11.5 Å². The number of ether oxygens (including phenoxy) is 3. The highest BCUT2D eigenvalue weighted by Crippen LogP contribution is 2.26. The van der Waals surface area contributed by atoms with E-state index in [4.69, 9.17) is 14.2 Å². The number of rotatable bonds is 6. The molecule has 0 aromatic heterocycles. The van der Waals surface area contributed by atoms with Crippen molar-refractivity contribution >= 4 is 0 Å². The second-order valence-electron chi connectivity index (χ2n) is 5.28. The molecule has 4 heteroatoms. The molecule has 0 heterocycles. The maximum atomic E-state index is 5.47. The summed E-state index contributed by atoms with van der Waals surface area (Å²) in [6, 6.07) is 6.48. The summed E-state index contributed by atoms with van der Waals surface area (Å²) < 4.78 is 16.1. The fourth-order valence-corrected chi connectivity index (χ4v) is 2.80. The Bertz CT molecular complexity index is 422. The zero-order valence-electron chi connectivity index (χ0n) is 12.6. The molecule has 0 bridgehead atoms. The molecule has 2 atom stereocenters. The molecule has 1 aliphatic carbocycles. The van der Waals surface area contributed by atoms with Gasteiger partial charge < -0.3 is 19.5 Å². The maximum absolute atomic E-state index is 5.47. The predicted octanol–water partition coefficient (Wildman–Crippen LogP) is 2.75. The van der Waals surface area contributed by atoms with Crippen LogP contribution in [-0.2, 0) is 11.3 Å². The second kappa shape index (κ2) is 7.50. The van der Waals surface area contributed by atoms with Gasteiger partial charge in [-0.2, -0.15) is 0 Å². The predicted molar refractivity (Wildman–Crippen MR) is 79.4 cm³/mol. The van der Waals surface area contributed by atoms with E-state index in [0.717, 1.165) is 30.0 Å². The maximum Gasteiger partial charge on any atom is 0.127 e. The lowest BCUT2D eigenvalue weighted by Gasteiger charge is -2.29. The SMILES string of the molecule is COc1ccc(CN[C@@H]2CCC[C@H](OC)C2)c(OC)c1. The average Bonchev–Trinajstić information content (AvgIpc) is 2.52. The molecule has 0 saturated heterocycles. The summed E-state index contributed by atoms with van der Waals surface area (Å²) >= 11 is 0. The number of methoxy groups -OCH3 is 3. The Hall–Kier alpha value is -1.26. The van der Waals surface area contributed by atoms with Gasteiger partial charge in [0.05, 0.1) is 20.3 Å². The smallest absolute Gasteiger partial charge is 0.127 e. The number of hydrogen-bond acceptors (Lipinski definition) is 4. The Balaban J connectivity index is 1.93. The number of benzene rings is 1. The Labute approximate surface area is 121 Å². The molecule has 0 aliphatic heterocycles. The van der Waals surface area contributed by atoms with Crippen molar-refractivity contribution in [3.8, 4) is 11.5 Å². The van der Waals surface area contributed by atoms with Crippen molar-refractivity contribution in [2.24, 2.45) is 0 Å². The van der Waals surface area contributed by atoms with Gasteiger partial charge in [-0.3, -0.25) is 0 Å². The highest BCUT2D eigenvalue weighted by Gasteiger charge is 2.21. The summed E-state index contributed by atoms with van der Waals surface area (Å²) in [4.78, 5) is 0. The van der Waals surface area contributed by atoms with Crippen molar-refractivity contribution in [1.29, 1.82) is 0 Å². The van der Waals surface area contributed by atoms with E-state index in [1.807, 2.05) is 12.1 Å². The number of hydrogen-bond donors (Lipinski definition) is 1. The quantitative estimate of drug-likeness (QED) is 0.869. The molecule has 1 fully saturated rings. The van der Waals surface area contributed by atoms with Crippen LogP contribution in [0.5, 0.6) is 11.5 Å². The minimum Gasteiger partial charge on any atom is -0.497 e. The van der Waals surface area contributed by atoms with Crippen LogP contribution in [0.2, 0.25) is 0 Å². The third kappa shape index (κ3) is 3.87. The van der Waals surface area contributed by atoms with Crippen molar-refractivity contribution < 1.29 is 14.2 Å². The van der Waals surface area contributed by atoms with Gasteiger partial charge in [-0.15, -0.1) is 0 Å². The molecule has 0 radical (unpaired) electrons. The normalized spacial score (nSPS) is 22.6. The van der Waals surface area contributed by atoms with Crippen LogP contribution in [-0.4, -0.2) is 33.5 Å². The van der Waals surface area contributed by atoms with Gasteiger partial charge in [0.2, 0.25) is 0 Å². The van der Waals surface area contributed by atoms with Gasteiger partial charge in [-0.25, -0.2) is 0 Å². The van der Waals surface area contributed by atoms with Crippen molar-refractivity contribution in [1.82, 2.24) is 5.32 Å². The fourth-order valence-electron chi connectivity index (χ4n) is 2.80. The molecule has 1 N–H and O–H groups in total. The van der Waals surface area contributed by atoms with Crippen molar-refractivity contribution in [3.63, 3.8) is 0 Å². The average molecular weight is 279 g/mol. The second-order valence-corrected chi connectivity index (χ2v) is 5.28. The van der Waals surface area contributed by atoms with Gasteiger partial charge in [0.15, 0.2) is 0 Å². The fraction of sp³-hybridized carbons (Fsp3) is 0.625. The van der Waals surface area contributed by atoms with Gasteiger partial charge in [0, 0.05) is 31.3 Å². The summed E-state index contributed by atoms with van der Waals surface area (Å²) in [6.07, 6.45) is 5.13. The summed E-state index contributed by atoms with van der Waals surface area (Å²) in [5.74, 6) is 1.69. The van der Waals surface area contributed by atoms with Gasteiger partial charge >= 0.3 is 0 Å². The molecule has 112 valence electrons. The van der Waals surface area contributed by atoms with Gasteiger partial charge in [0.25, 0.3) is 0 Å². The highest BCUT2D eigenvalue weighted by atomic mass is 16.5. The van der Waals surface area contributed by atoms with E-state index in [0.29, 0.717) is 12.1 Å². The van der Waals surface area contributed by atoms with Crippen LogP contribution in [0.1, 0.15) is 31.2 Å². The van der Waals surface area contributed by atoms with Crippen LogP contribution in [0, 0.1) is 0 Å². The molecule has 2 rings (SSSR count). The molecule has 20 heavy (non-hydrogen) atoms. The van der Waals surface area contributed by atoms with Gasteiger partial charge in [-0.05, 0) is 31.7 Å². The highest BCUT2D eigenvalue weighted by molar-refractivity contribution is 5.40. The van der Waals surface area contributed by atoms with E-state index in [-0.39, 0.29) is 0 Å². The van der Waals surface area contributed by atoms with Crippen LogP contribution in [0.4, 0.5) is 0 Å². The van der Waals surface area contributed by atoms with Crippen LogP contribution in [0.15, 0.2) is 18.2 Å². The lowest BCUT2D eigenvalue weighted by Crippen LogP contribution is -2.36. The van der Waals surface area contributed by atoms with E-state index in [2.05, 4.69) is 11.4 Å². The largest absolute Gasteiger partial charge is 0.497 e. The Kier molecular flexibility index (Phi) is 5.68. The van der Waals surface area contributed by atoms with E-state index < -0.39 is 0 Å². The van der Waals surface area contributed by atoms with Crippen molar-refractivity contribution in [3.05, 3.63) is 23.8 Å². The third-order valence-electron chi connectivity index (χ3n) is 4.03. The molecule has 0 amide bonds. The Morgan fingerprint density at radius 1 is 1.15 bits per heavy atom. The van der Waals surface area contributed by atoms with Crippen LogP contribution >= 0.6 is 0 Å². The van der Waals surface area contributed by atoms with E-state index >= 15 is 0 Å². The van der Waals surface area contributed by atoms with Crippen molar-refractivity contribution in [2.45, 2.75) is 44.4 Å². The zero-order valence-corrected chi connectivity index (χ0v) is 12.6. The molecular weight excluding hydrogens is 254 g/mol. The Morgan fingerprint density at radius 3 is 2.70 bits per heavy atom. The lowest BCUT2D eigenvalue weighted by molar-refractivity contribution is 0.0586. The first kappa shape index (κ1) is 15.1. The summed E-state index contributed by atoms with van der Waals surface area (Å²) in [6.45, 7) is 0.814. The van der Waals surface area contributed by atoms with Crippen LogP contribution < -0.4 is 14.8 Å². The Morgan fingerprint density at radius 2 is 2.00 bits per heavy atom. The summed E-state index contributed by atoms with van der Waals surface area (Å²) in [5, 5.41) is 3.61.